The second-order valence-corrected chi connectivity index (χ2v) is 7.25. The normalized spacial score (nSPS) is 30.1. The minimum Gasteiger partial charge on any atom is -0.376 e. The quantitative estimate of drug-likeness (QED) is 0.739. The first-order valence-corrected chi connectivity index (χ1v) is 8.22. The van der Waals surface area contributed by atoms with Crippen LogP contribution in [0.1, 0.15) is 32.6 Å². The number of methoxy groups -OCH3 is 1. The number of hydrogen-bond acceptors (Lipinski definition) is 3. The lowest BCUT2D eigenvalue weighted by molar-refractivity contribution is -0.161. The van der Waals surface area contributed by atoms with Crippen LogP contribution in [-0.4, -0.2) is 60.5 Å². The number of amides is 2. The van der Waals surface area contributed by atoms with Crippen LogP contribution in [0.2, 0.25) is 0 Å². The Labute approximate surface area is 132 Å². The number of ether oxygens (including phenoxy) is 1. The van der Waals surface area contributed by atoms with E-state index in [9.17, 15) is 9.59 Å². The molecule has 3 fully saturated rings. The first-order chi connectivity index (χ1) is 10.5. The van der Waals surface area contributed by atoms with E-state index in [1.54, 1.807) is 7.11 Å². The van der Waals surface area contributed by atoms with E-state index in [4.69, 9.17) is 4.74 Å². The molecule has 0 aromatic carbocycles. The summed E-state index contributed by atoms with van der Waals surface area (Å²) < 4.78 is 5.64. The Morgan fingerprint density at radius 2 is 1.95 bits per heavy atom. The van der Waals surface area contributed by atoms with Gasteiger partial charge < -0.3 is 14.5 Å². The van der Waals surface area contributed by atoms with Gasteiger partial charge in [0.05, 0.1) is 5.60 Å². The van der Waals surface area contributed by atoms with E-state index >= 15 is 0 Å². The molecule has 122 valence electrons. The van der Waals surface area contributed by atoms with Gasteiger partial charge in [-0.3, -0.25) is 9.59 Å². The molecule has 3 rings (SSSR count). The van der Waals surface area contributed by atoms with E-state index in [1.807, 2.05) is 9.80 Å². The lowest BCUT2D eigenvalue weighted by atomic mass is 9.57. The predicted octanol–water partition coefficient (Wildman–Crippen LogP) is 1.44. The zero-order chi connectivity index (χ0) is 16.0. The van der Waals surface area contributed by atoms with Gasteiger partial charge in [0.1, 0.15) is 0 Å². The standard InChI is InChI=1S/C17H26N2O3/c1-4-14(20)19-10-16(11-19)8-13(9-16)15(21)18-7-6-17(5-2,12-18)22-3/h4,13H,1,5-12H2,2-3H3. The molecule has 5 heteroatoms. The van der Waals surface area contributed by atoms with Gasteiger partial charge in [0.2, 0.25) is 11.8 Å². The van der Waals surface area contributed by atoms with Gasteiger partial charge in [-0.05, 0) is 31.8 Å². The van der Waals surface area contributed by atoms with Crippen molar-refractivity contribution in [1.82, 2.24) is 9.80 Å². The maximum Gasteiger partial charge on any atom is 0.245 e. The van der Waals surface area contributed by atoms with E-state index < -0.39 is 0 Å². The molecule has 2 heterocycles. The Hall–Kier alpha value is -1.36. The van der Waals surface area contributed by atoms with E-state index in [1.165, 1.54) is 6.08 Å². The zero-order valence-corrected chi connectivity index (χ0v) is 13.6. The third-order valence-electron chi connectivity index (χ3n) is 5.95. The van der Waals surface area contributed by atoms with E-state index in [2.05, 4.69) is 13.5 Å². The fourth-order valence-corrected chi connectivity index (χ4v) is 4.36. The second-order valence-electron chi connectivity index (χ2n) is 7.25. The average Bonchev–Trinajstić information content (AvgIpc) is 2.89. The predicted molar refractivity (Wildman–Crippen MR) is 83.2 cm³/mol. The van der Waals surface area contributed by atoms with Crippen LogP contribution in [0.3, 0.4) is 0 Å². The fourth-order valence-electron chi connectivity index (χ4n) is 4.36. The average molecular weight is 306 g/mol. The van der Waals surface area contributed by atoms with Crippen molar-refractivity contribution < 1.29 is 14.3 Å². The number of carbonyl (C=O) groups is 2. The Morgan fingerprint density at radius 3 is 2.45 bits per heavy atom. The maximum atomic E-state index is 12.6. The van der Waals surface area contributed by atoms with E-state index in [0.29, 0.717) is 0 Å². The Bertz CT molecular complexity index is 484. The van der Waals surface area contributed by atoms with Crippen LogP contribution in [0.4, 0.5) is 0 Å². The highest BCUT2D eigenvalue weighted by molar-refractivity contribution is 5.88. The number of nitrogens with zero attached hydrogens (tertiary/aromatic N) is 2. The molecule has 0 radical (unpaired) electrons. The van der Waals surface area contributed by atoms with Crippen molar-refractivity contribution in [3.05, 3.63) is 12.7 Å². The SMILES string of the molecule is C=CC(=O)N1CC2(CC(C(=O)N3CCC(CC)(OC)C3)C2)C1. The van der Waals surface area contributed by atoms with Crippen molar-refractivity contribution >= 4 is 11.8 Å². The van der Waals surface area contributed by atoms with E-state index in [0.717, 1.165) is 51.9 Å². The van der Waals surface area contributed by atoms with Gasteiger partial charge in [0.25, 0.3) is 0 Å². The molecule has 1 saturated carbocycles. The summed E-state index contributed by atoms with van der Waals surface area (Å²) in [6.07, 6.45) is 5.10. The lowest BCUT2D eigenvalue weighted by Gasteiger charge is -2.58. The highest BCUT2D eigenvalue weighted by atomic mass is 16.5. The molecule has 1 unspecified atom stereocenters. The van der Waals surface area contributed by atoms with Crippen LogP contribution in [0.15, 0.2) is 12.7 Å². The van der Waals surface area contributed by atoms with Gasteiger partial charge in [0.15, 0.2) is 0 Å². The van der Waals surface area contributed by atoms with Crippen LogP contribution < -0.4 is 0 Å². The van der Waals surface area contributed by atoms with Gasteiger partial charge in [-0.25, -0.2) is 0 Å². The second kappa shape index (κ2) is 5.37. The van der Waals surface area contributed by atoms with Gasteiger partial charge in [-0.1, -0.05) is 13.5 Å². The number of carbonyl (C=O) groups excluding carboxylic acids is 2. The molecule has 0 aromatic rings. The van der Waals surface area contributed by atoms with Gasteiger partial charge in [0, 0.05) is 44.6 Å². The van der Waals surface area contributed by atoms with E-state index in [-0.39, 0.29) is 28.7 Å². The van der Waals surface area contributed by atoms with Crippen molar-refractivity contribution in [3.8, 4) is 0 Å². The summed E-state index contributed by atoms with van der Waals surface area (Å²) in [7, 11) is 1.75. The van der Waals surface area contributed by atoms with Crippen molar-refractivity contribution in [2.75, 3.05) is 33.3 Å². The van der Waals surface area contributed by atoms with Crippen LogP contribution in [0.5, 0.6) is 0 Å². The molecule has 22 heavy (non-hydrogen) atoms. The largest absolute Gasteiger partial charge is 0.376 e. The lowest BCUT2D eigenvalue weighted by Crippen LogP contribution is -2.65. The van der Waals surface area contributed by atoms with Crippen LogP contribution in [0, 0.1) is 11.3 Å². The fraction of sp³-hybridized carbons (Fsp3) is 0.765. The van der Waals surface area contributed by atoms with Crippen molar-refractivity contribution in [3.63, 3.8) is 0 Å². The molecule has 0 bridgehead atoms. The maximum absolute atomic E-state index is 12.6. The molecular formula is C17H26N2O3. The first kappa shape index (κ1) is 15.5. The summed E-state index contributed by atoms with van der Waals surface area (Å²) in [6, 6.07) is 0. The summed E-state index contributed by atoms with van der Waals surface area (Å²) in [5.74, 6) is 0.435. The van der Waals surface area contributed by atoms with Gasteiger partial charge >= 0.3 is 0 Å². The van der Waals surface area contributed by atoms with Crippen molar-refractivity contribution in [2.24, 2.45) is 11.3 Å². The highest BCUT2D eigenvalue weighted by Gasteiger charge is 2.56. The Kier molecular flexibility index (Phi) is 3.79. The minimum atomic E-state index is -0.138. The van der Waals surface area contributed by atoms with Gasteiger partial charge in [-0.2, -0.15) is 0 Å². The molecule has 2 saturated heterocycles. The summed E-state index contributed by atoms with van der Waals surface area (Å²) in [4.78, 5) is 27.9. The molecule has 5 nitrogen and oxygen atoms in total. The smallest absolute Gasteiger partial charge is 0.245 e. The summed E-state index contributed by atoms with van der Waals surface area (Å²) in [5, 5.41) is 0. The highest BCUT2D eigenvalue weighted by Crippen LogP contribution is 2.52. The third kappa shape index (κ3) is 2.35. The summed E-state index contributed by atoms with van der Waals surface area (Å²) in [5.41, 5.74) is 0.0720. The van der Waals surface area contributed by atoms with Crippen LogP contribution in [0.25, 0.3) is 0 Å². The van der Waals surface area contributed by atoms with Crippen molar-refractivity contribution in [1.29, 1.82) is 0 Å². The summed E-state index contributed by atoms with van der Waals surface area (Å²) >= 11 is 0. The monoisotopic (exact) mass is 306 g/mol. The Morgan fingerprint density at radius 1 is 1.27 bits per heavy atom. The molecule has 0 N–H and O–H groups in total. The molecule has 3 aliphatic rings. The van der Waals surface area contributed by atoms with Gasteiger partial charge in [-0.15, -0.1) is 0 Å². The minimum absolute atomic E-state index is 0.00719. The van der Waals surface area contributed by atoms with Crippen LogP contribution >= 0.6 is 0 Å². The molecule has 1 spiro atoms. The summed E-state index contributed by atoms with van der Waals surface area (Å²) in [6.45, 7) is 8.75. The molecule has 1 atom stereocenters. The molecule has 2 aliphatic heterocycles. The third-order valence-corrected chi connectivity index (χ3v) is 5.95. The number of likely N-dealkylation sites (tertiary alicyclic amines) is 2. The van der Waals surface area contributed by atoms with Crippen molar-refractivity contribution in [2.45, 2.75) is 38.2 Å². The molecule has 0 aromatic heterocycles. The topological polar surface area (TPSA) is 49.9 Å². The Balaban J connectivity index is 1.49. The number of rotatable bonds is 4. The van der Waals surface area contributed by atoms with Crippen LogP contribution in [-0.2, 0) is 14.3 Å². The molecule has 2 amide bonds. The molecular weight excluding hydrogens is 280 g/mol. The number of hydrogen-bond donors (Lipinski definition) is 0. The zero-order valence-electron chi connectivity index (χ0n) is 13.6. The molecule has 1 aliphatic carbocycles. The first-order valence-electron chi connectivity index (χ1n) is 8.22.